The quantitative estimate of drug-likeness (QED) is 0.797. The summed E-state index contributed by atoms with van der Waals surface area (Å²) in [7, 11) is 0. The molecule has 0 bridgehead atoms. The van der Waals surface area contributed by atoms with E-state index in [0.29, 0.717) is 0 Å². The minimum absolute atomic E-state index is 0.616. The highest BCUT2D eigenvalue weighted by Crippen LogP contribution is 2.23. The molecule has 2 heteroatoms. The maximum atomic E-state index is 9.93. The van der Waals surface area contributed by atoms with Crippen molar-refractivity contribution in [2.24, 2.45) is 0 Å². The molecule has 0 unspecified atom stereocenters. The van der Waals surface area contributed by atoms with Crippen LogP contribution < -0.4 is 5.32 Å². The molecule has 0 spiro atoms. The van der Waals surface area contributed by atoms with Gasteiger partial charge in [-0.05, 0) is 49.9 Å². The van der Waals surface area contributed by atoms with E-state index in [2.05, 4.69) is 23.5 Å². The number of hydrogen-bond acceptors (Lipinski definition) is 2. The van der Waals surface area contributed by atoms with E-state index in [4.69, 9.17) is 0 Å². The summed E-state index contributed by atoms with van der Waals surface area (Å²) >= 11 is 0. The molecule has 0 saturated carbocycles. The van der Waals surface area contributed by atoms with Gasteiger partial charge in [0.1, 0.15) is 0 Å². The minimum Gasteiger partial charge on any atom is -0.390 e. The van der Waals surface area contributed by atoms with Crippen molar-refractivity contribution in [1.82, 2.24) is 5.32 Å². The third-order valence-corrected chi connectivity index (χ3v) is 3.09. The number of fused-ring (bicyclic) bond motifs is 1. The van der Waals surface area contributed by atoms with Gasteiger partial charge in [-0.15, -0.1) is 0 Å². The second kappa shape index (κ2) is 4.56. The molecule has 1 aromatic rings. The Kier molecular flexibility index (Phi) is 3.31. The maximum absolute atomic E-state index is 9.93. The zero-order valence-corrected chi connectivity index (χ0v) is 10.2. The number of aliphatic hydroxyl groups is 1. The Morgan fingerprint density at radius 2 is 2.19 bits per heavy atom. The Bertz CT molecular complexity index is 365. The van der Waals surface area contributed by atoms with E-state index in [1.165, 1.54) is 23.1 Å². The molecule has 0 saturated heterocycles. The van der Waals surface area contributed by atoms with Gasteiger partial charge in [-0.25, -0.2) is 0 Å². The highest BCUT2D eigenvalue weighted by Gasteiger charge is 2.18. The highest BCUT2D eigenvalue weighted by atomic mass is 16.3. The zero-order valence-electron chi connectivity index (χ0n) is 10.2. The van der Waals surface area contributed by atoms with Crippen LogP contribution in [0.25, 0.3) is 0 Å². The van der Waals surface area contributed by atoms with E-state index in [-0.39, 0.29) is 0 Å². The van der Waals surface area contributed by atoms with Gasteiger partial charge in [0.15, 0.2) is 0 Å². The van der Waals surface area contributed by atoms with Crippen LogP contribution in [0.1, 0.15) is 37.0 Å². The summed E-state index contributed by atoms with van der Waals surface area (Å²) in [5.41, 5.74) is 3.55. The molecule has 0 amide bonds. The van der Waals surface area contributed by atoms with E-state index in [0.717, 1.165) is 25.9 Å². The Morgan fingerprint density at radius 3 is 2.94 bits per heavy atom. The standard InChI is InChI=1S/C14H21NO/c1-14(2,16)9-11-5-3-6-12-10-15-8-4-7-13(11)12/h3,5-6,15-16H,4,7-10H2,1-2H3. The van der Waals surface area contributed by atoms with Gasteiger partial charge in [-0.2, -0.15) is 0 Å². The van der Waals surface area contributed by atoms with Gasteiger partial charge in [0.2, 0.25) is 0 Å². The molecule has 1 aliphatic rings. The first kappa shape index (κ1) is 11.6. The summed E-state index contributed by atoms with van der Waals surface area (Å²) in [6.45, 7) is 5.81. The Morgan fingerprint density at radius 1 is 1.38 bits per heavy atom. The van der Waals surface area contributed by atoms with E-state index in [9.17, 15) is 5.11 Å². The molecule has 2 N–H and O–H groups in total. The van der Waals surface area contributed by atoms with Gasteiger partial charge in [0, 0.05) is 13.0 Å². The molecule has 1 aliphatic heterocycles. The highest BCUT2D eigenvalue weighted by molar-refractivity contribution is 5.37. The zero-order chi connectivity index (χ0) is 11.6. The number of benzene rings is 1. The van der Waals surface area contributed by atoms with Crippen LogP contribution in [0.4, 0.5) is 0 Å². The maximum Gasteiger partial charge on any atom is 0.0632 e. The third kappa shape index (κ3) is 2.83. The topological polar surface area (TPSA) is 32.3 Å². The van der Waals surface area contributed by atoms with Gasteiger partial charge >= 0.3 is 0 Å². The van der Waals surface area contributed by atoms with E-state index in [1.807, 2.05) is 13.8 Å². The van der Waals surface area contributed by atoms with Gasteiger partial charge in [0.25, 0.3) is 0 Å². The van der Waals surface area contributed by atoms with Gasteiger partial charge in [0.05, 0.1) is 5.60 Å². The molecule has 1 heterocycles. The number of rotatable bonds is 2. The molecular formula is C14H21NO. The summed E-state index contributed by atoms with van der Waals surface area (Å²) < 4.78 is 0. The molecule has 2 rings (SSSR count). The molecule has 0 aliphatic carbocycles. The molecule has 88 valence electrons. The summed E-state index contributed by atoms with van der Waals surface area (Å²) in [6, 6.07) is 6.45. The monoisotopic (exact) mass is 219 g/mol. The molecule has 1 aromatic carbocycles. The molecule has 0 aromatic heterocycles. The van der Waals surface area contributed by atoms with Crippen molar-refractivity contribution in [2.45, 2.75) is 45.3 Å². The largest absolute Gasteiger partial charge is 0.390 e. The molecule has 2 nitrogen and oxygen atoms in total. The van der Waals surface area contributed by atoms with Crippen molar-refractivity contribution >= 4 is 0 Å². The second-order valence-electron chi connectivity index (χ2n) is 5.32. The van der Waals surface area contributed by atoms with Gasteiger partial charge in [-0.3, -0.25) is 0 Å². The van der Waals surface area contributed by atoms with E-state index in [1.54, 1.807) is 0 Å². The second-order valence-corrected chi connectivity index (χ2v) is 5.32. The van der Waals surface area contributed by atoms with Gasteiger partial charge < -0.3 is 10.4 Å². The van der Waals surface area contributed by atoms with Crippen LogP contribution in [0.15, 0.2) is 18.2 Å². The van der Waals surface area contributed by atoms with Crippen molar-refractivity contribution in [3.8, 4) is 0 Å². The summed E-state index contributed by atoms with van der Waals surface area (Å²) in [4.78, 5) is 0. The lowest BCUT2D eigenvalue weighted by Crippen LogP contribution is -2.23. The van der Waals surface area contributed by atoms with Gasteiger partial charge in [-0.1, -0.05) is 18.2 Å². The first-order valence-corrected chi connectivity index (χ1v) is 6.09. The van der Waals surface area contributed by atoms with Crippen LogP contribution in [-0.2, 0) is 19.4 Å². The lowest BCUT2D eigenvalue weighted by molar-refractivity contribution is 0.0807. The average molecular weight is 219 g/mol. The molecule has 0 atom stereocenters. The Balaban J connectivity index is 2.31. The van der Waals surface area contributed by atoms with E-state index >= 15 is 0 Å². The smallest absolute Gasteiger partial charge is 0.0632 e. The Labute approximate surface area is 97.7 Å². The van der Waals surface area contributed by atoms with Crippen molar-refractivity contribution in [1.29, 1.82) is 0 Å². The van der Waals surface area contributed by atoms with Crippen LogP contribution in [0.3, 0.4) is 0 Å². The van der Waals surface area contributed by atoms with Crippen LogP contribution in [0, 0.1) is 0 Å². The summed E-state index contributed by atoms with van der Waals surface area (Å²) in [5.74, 6) is 0. The number of nitrogens with one attached hydrogen (secondary N) is 1. The molecule has 0 radical (unpaired) electrons. The summed E-state index contributed by atoms with van der Waals surface area (Å²) in [5, 5.41) is 13.4. The number of hydrogen-bond donors (Lipinski definition) is 2. The van der Waals surface area contributed by atoms with Crippen molar-refractivity contribution < 1.29 is 5.11 Å². The fourth-order valence-electron chi connectivity index (χ4n) is 2.42. The first-order valence-electron chi connectivity index (χ1n) is 6.09. The minimum atomic E-state index is -0.616. The predicted octanol–water partition coefficient (Wildman–Crippen LogP) is 2.04. The first-order chi connectivity index (χ1) is 7.56. The van der Waals surface area contributed by atoms with Crippen molar-refractivity contribution in [2.75, 3.05) is 6.54 Å². The summed E-state index contributed by atoms with van der Waals surface area (Å²) in [6.07, 6.45) is 3.07. The average Bonchev–Trinajstić information content (AvgIpc) is 2.41. The fourth-order valence-corrected chi connectivity index (χ4v) is 2.42. The van der Waals surface area contributed by atoms with Crippen LogP contribution in [-0.4, -0.2) is 17.3 Å². The van der Waals surface area contributed by atoms with E-state index < -0.39 is 5.60 Å². The molecule has 0 fully saturated rings. The van der Waals surface area contributed by atoms with Crippen LogP contribution in [0.2, 0.25) is 0 Å². The predicted molar refractivity (Wildman–Crippen MR) is 66.5 cm³/mol. The third-order valence-electron chi connectivity index (χ3n) is 3.09. The lowest BCUT2D eigenvalue weighted by Gasteiger charge is -2.20. The van der Waals surface area contributed by atoms with Crippen LogP contribution in [0.5, 0.6) is 0 Å². The normalized spacial score (nSPS) is 16.7. The fraction of sp³-hybridized carbons (Fsp3) is 0.571. The lowest BCUT2D eigenvalue weighted by atomic mass is 9.90. The SMILES string of the molecule is CC(C)(O)Cc1cccc2c1CCCNC2. The van der Waals surface area contributed by atoms with Crippen molar-refractivity contribution in [3.05, 3.63) is 34.9 Å². The van der Waals surface area contributed by atoms with Crippen molar-refractivity contribution in [3.63, 3.8) is 0 Å². The molecule has 16 heavy (non-hydrogen) atoms. The Hall–Kier alpha value is -0.860. The van der Waals surface area contributed by atoms with Crippen LogP contribution >= 0.6 is 0 Å². The molecular weight excluding hydrogens is 198 g/mol.